The largest absolute Gasteiger partial charge is 0.497 e. The zero-order valence-corrected chi connectivity index (χ0v) is 18.1. The predicted molar refractivity (Wildman–Crippen MR) is 117 cm³/mol. The molecule has 0 saturated carbocycles. The highest BCUT2D eigenvalue weighted by molar-refractivity contribution is 7.91. The summed E-state index contributed by atoms with van der Waals surface area (Å²) in [5.74, 6) is 0.735. The second-order valence-electron chi connectivity index (χ2n) is 6.67. The van der Waals surface area contributed by atoms with Crippen molar-refractivity contribution in [1.29, 1.82) is 0 Å². The first-order valence-electron chi connectivity index (χ1n) is 9.74. The molecule has 0 aliphatic carbocycles. The summed E-state index contributed by atoms with van der Waals surface area (Å²) < 4.78 is 37.4. The van der Waals surface area contributed by atoms with E-state index in [9.17, 15) is 13.2 Å². The van der Waals surface area contributed by atoms with E-state index in [1.165, 1.54) is 25.4 Å². The lowest BCUT2D eigenvalue weighted by Crippen LogP contribution is -2.32. The van der Waals surface area contributed by atoms with Gasteiger partial charge in [-0.2, -0.15) is 0 Å². The van der Waals surface area contributed by atoms with E-state index in [0.29, 0.717) is 29.2 Å². The average molecular weight is 441 g/mol. The van der Waals surface area contributed by atoms with Crippen molar-refractivity contribution in [3.05, 3.63) is 84.2 Å². The highest BCUT2D eigenvalue weighted by Crippen LogP contribution is 2.29. The van der Waals surface area contributed by atoms with Crippen LogP contribution in [0.15, 0.2) is 78.0 Å². The highest BCUT2D eigenvalue weighted by Gasteiger charge is 2.30. The van der Waals surface area contributed by atoms with Crippen molar-refractivity contribution in [3.8, 4) is 11.5 Å². The minimum absolute atomic E-state index is 0.114. The van der Waals surface area contributed by atoms with Crippen LogP contribution in [0.1, 0.15) is 28.1 Å². The summed E-state index contributed by atoms with van der Waals surface area (Å²) in [5, 5.41) is 1.72. The van der Waals surface area contributed by atoms with Crippen LogP contribution in [-0.2, 0) is 9.84 Å². The van der Waals surface area contributed by atoms with Crippen molar-refractivity contribution in [3.63, 3.8) is 0 Å². The molecule has 0 aliphatic rings. The number of nitrogens with zero attached hydrogens (tertiary/aromatic N) is 1. The van der Waals surface area contributed by atoms with E-state index in [-0.39, 0.29) is 11.4 Å². The number of hydrogen-bond donors (Lipinski definition) is 1. The zero-order valence-electron chi connectivity index (χ0n) is 17.3. The molecule has 1 aromatic heterocycles. The molecule has 2 aromatic carbocycles. The molecule has 1 unspecified atom stereocenters. The zero-order chi connectivity index (χ0) is 22.3. The van der Waals surface area contributed by atoms with Gasteiger partial charge >= 0.3 is 0 Å². The number of carbonyl (C=O) groups excluding carboxylic acids is 1. The topological polar surface area (TPSA) is 94.6 Å². The summed E-state index contributed by atoms with van der Waals surface area (Å²) in [6.45, 7) is 2.23. The second-order valence-corrected chi connectivity index (χ2v) is 8.80. The Bertz CT molecular complexity index is 1120. The van der Waals surface area contributed by atoms with Crippen LogP contribution in [-0.4, -0.2) is 39.6 Å². The van der Waals surface area contributed by atoms with Crippen molar-refractivity contribution in [1.82, 2.24) is 10.3 Å². The molecule has 0 spiro atoms. The normalized spacial score (nSPS) is 12.1. The summed E-state index contributed by atoms with van der Waals surface area (Å²) in [5.41, 5.74) is 0.866. The van der Waals surface area contributed by atoms with Gasteiger partial charge in [0.15, 0.2) is 9.84 Å². The van der Waals surface area contributed by atoms with E-state index < -0.39 is 21.0 Å². The van der Waals surface area contributed by atoms with Crippen molar-refractivity contribution in [2.75, 3.05) is 20.3 Å². The third kappa shape index (κ3) is 5.40. The first-order valence-corrected chi connectivity index (χ1v) is 11.3. The summed E-state index contributed by atoms with van der Waals surface area (Å²) >= 11 is 0. The highest BCUT2D eigenvalue weighted by atomic mass is 32.2. The van der Waals surface area contributed by atoms with Gasteiger partial charge in [-0.25, -0.2) is 8.42 Å². The molecule has 1 amide bonds. The van der Waals surface area contributed by atoms with Crippen LogP contribution in [0.4, 0.5) is 0 Å². The van der Waals surface area contributed by atoms with Gasteiger partial charge in [0.1, 0.15) is 16.7 Å². The van der Waals surface area contributed by atoms with Crippen LogP contribution < -0.4 is 14.8 Å². The number of benzene rings is 2. The second kappa shape index (κ2) is 10.1. The fourth-order valence-corrected chi connectivity index (χ4v) is 4.73. The number of rotatable bonds is 9. The molecule has 0 aliphatic heterocycles. The molecule has 31 heavy (non-hydrogen) atoms. The monoisotopic (exact) mass is 440 g/mol. The van der Waals surface area contributed by atoms with Crippen molar-refractivity contribution in [2.45, 2.75) is 17.1 Å². The Morgan fingerprint density at radius 2 is 1.84 bits per heavy atom. The molecule has 3 aromatic rings. The molecule has 0 fully saturated rings. The summed E-state index contributed by atoms with van der Waals surface area (Å²) in [4.78, 5) is 16.8. The predicted octanol–water partition coefficient (Wildman–Crippen LogP) is 3.43. The van der Waals surface area contributed by atoms with E-state index in [0.717, 1.165) is 0 Å². The fourth-order valence-electron chi connectivity index (χ4n) is 3.08. The average Bonchev–Trinajstić information content (AvgIpc) is 2.80. The lowest BCUT2D eigenvalue weighted by atomic mass is 10.2. The number of carbonyl (C=O) groups is 1. The molecule has 3 rings (SSSR count). The Kier molecular flexibility index (Phi) is 7.25. The Morgan fingerprint density at radius 3 is 2.48 bits per heavy atom. The Hall–Kier alpha value is -3.39. The van der Waals surface area contributed by atoms with Crippen LogP contribution in [0.25, 0.3) is 0 Å². The maximum Gasteiger partial charge on any atom is 0.251 e. The molecule has 0 bridgehead atoms. The standard InChI is InChI=1S/C23H24N2O5S/c1-3-30-19-9-11-21(12-10-19)31(27,28)22(18-7-5-13-24-15-18)16-25-23(26)17-6-4-8-20(14-17)29-2/h4-15,22H,3,16H2,1-2H3,(H,25,26). The van der Waals surface area contributed by atoms with E-state index >= 15 is 0 Å². The molecule has 1 atom stereocenters. The molecule has 1 N–H and O–H groups in total. The minimum Gasteiger partial charge on any atom is -0.497 e. The maximum atomic E-state index is 13.4. The van der Waals surface area contributed by atoms with Crippen molar-refractivity contribution >= 4 is 15.7 Å². The summed E-state index contributed by atoms with van der Waals surface area (Å²) in [6.07, 6.45) is 3.06. The first-order chi connectivity index (χ1) is 15.0. The quantitative estimate of drug-likeness (QED) is 0.548. The first kappa shape index (κ1) is 22.3. The number of ether oxygens (including phenoxy) is 2. The van der Waals surface area contributed by atoms with Gasteiger partial charge in [-0.05, 0) is 61.0 Å². The number of sulfone groups is 1. The van der Waals surface area contributed by atoms with Crippen molar-refractivity contribution in [2.24, 2.45) is 0 Å². The lowest BCUT2D eigenvalue weighted by Gasteiger charge is -2.19. The number of amides is 1. The van der Waals surface area contributed by atoms with Gasteiger partial charge in [-0.3, -0.25) is 9.78 Å². The fraction of sp³-hybridized carbons (Fsp3) is 0.217. The minimum atomic E-state index is -3.81. The Morgan fingerprint density at radius 1 is 1.06 bits per heavy atom. The van der Waals surface area contributed by atoms with Crippen LogP contribution in [0.3, 0.4) is 0 Å². The molecule has 0 radical (unpaired) electrons. The van der Waals surface area contributed by atoms with Gasteiger partial charge in [-0.1, -0.05) is 12.1 Å². The van der Waals surface area contributed by atoms with Gasteiger partial charge in [-0.15, -0.1) is 0 Å². The molecule has 7 nitrogen and oxygen atoms in total. The Balaban J connectivity index is 1.87. The number of hydrogen-bond acceptors (Lipinski definition) is 6. The Labute approximate surface area is 182 Å². The summed E-state index contributed by atoms with van der Waals surface area (Å²) in [6, 6.07) is 16.3. The molecule has 162 valence electrons. The van der Waals surface area contributed by atoms with Gasteiger partial charge in [0.05, 0.1) is 18.6 Å². The molecule has 0 saturated heterocycles. The van der Waals surface area contributed by atoms with Crippen LogP contribution in [0.5, 0.6) is 11.5 Å². The maximum absolute atomic E-state index is 13.4. The number of methoxy groups -OCH3 is 1. The smallest absolute Gasteiger partial charge is 0.251 e. The number of aromatic nitrogens is 1. The van der Waals surface area contributed by atoms with Crippen LogP contribution in [0.2, 0.25) is 0 Å². The van der Waals surface area contributed by atoms with Crippen molar-refractivity contribution < 1.29 is 22.7 Å². The van der Waals surface area contributed by atoms with Crippen LogP contribution >= 0.6 is 0 Å². The SMILES string of the molecule is CCOc1ccc(S(=O)(=O)C(CNC(=O)c2cccc(OC)c2)c2cccnc2)cc1. The van der Waals surface area contributed by atoms with E-state index in [4.69, 9.17) is 9.47 Å². The van der Waals surface area contributed by atoms with E-state index in [1.54, 1.807) is 54.7 Å². The van der Waals surface area contributed by atoms with Gasteiger partial charge in [0.25, 0.3) is 5.91 Å². The summed E-state index contributed by atoms with van der Waals surface area (Å²) in [7, 11) is -2.30. The van der Waals surface area contributed by atoms with E-state index in [1.807, 2.05) is 6.92 Å². The third-order valence-corrected chi connectivity index (χ3v) is 6.79. The molecule has 8 heteroatoms. The number of pyridine rings is 1. The molecular weight excluding hydrogens is 416 g/mol. The third-order valence-electron chi connectivity index (χ3n) is 4.67. The van der Waals surface area contributed by atoms with Crippen LogP contribution in [0, 0.1) is 0 Å². The molecular formula is C23H24N2O5S. The van der Waals surface area contributed by atoms with Gasteiger partial charge in [0, 0.05) is 24.5 Å². The van der Waals surface area contributed by atoms with Gasteiger partial charge in [0.2, 0.25) is 0 Å². The molecule has 1 heterocycles. The van der Waals surface area contributed by atoms with Gasteiger partial charge < -0.3 is 14.8 Å². The lowest BCUT2D eigenvalue weighted by molar-refractivity contribution is 0.0953. The number of nitrogens with one attached hydrogen (secondary N) is 1. The van der Waals surface area contributed by atoms with E-state index in [2.05, 4.69) is 10.3 Å².